The molecule has 0 amide bonds. The summed E-state index contributed by atoms with van der Waals surface area (Å²) in [5.74, 6) is 0.663. The van der Waals surface area contributed by atoms with Crippen LogP contribution in [0.25, 0.3) is 0 Å². The smallest absolute Gasteiger partial charge is 0.310 e. The minimum absolute atomic E-state index is 0.00263. The molecular formula is C13H18N2O4. The van der Waals surface area contributed by atoms with Gasteiger partial charge in [0, 0.05) is 25.8 Å². The number of hydrogen-bond acceptors (Lipinski definition) is 5. The standard InChI is InChI=1S/C13H18N2O4/c16-10-11-5-6-14(9-11)7-8-19-13-4-2-1-3-12(13)15(17)18/h1-4,11,16H,5-10H2. The van der Waals surface area contributed by atoms with Gasteiger partial charge in [0.25, 0.3) is 0 Å². The Hall–Kier alpha value is -1.66. The Morgan fingerprint density at radius 1 is 1.47 bits per heavy atom. The molecule has 1 fully saturated rings. The number of rotatable bonds is 6. The second kappa shape index (κ2) is 6.49. The van der Waals surface area contributed by atoms with E-state index in [9.17, 15) is 10.1 Å². The van der Waals surface area contributed by atoms with Crippen LogP contribution in [0.4, 0.5) is 5.69 Å². The van der Waals surface area contributed by atoms with E-state index in [2.05, 4.69) is 4.90 Å². The Labute approximate surface area is 111 Å². The van der Waals surface area contributed by atoms with Crippen LogP contribution in [0.2, 0.25) is 0 Å². The number of hydrogen-bond donors (Lipinski definition) is 1. The van der Waals surface area contributed by atoms with Gasteiger partial charge in [-0.1, -0.05) is 12.1 Å². The van der Waals surface area contributed by atoms with E-state index in [-0.39, 0.29) is 12.3 Å². The lowest BCUT2D eigenvalue weighted by atomic mass is 10.1. The predicted molar refractivity (Wildman–Crippen MR) is 70.2 cm³/mol. The Morgan fingerprint density at radius 3 is 2.95 bits per heavy atom. The number of ether oxygens (including phenoxy) is 1. The minimum Gasteiger partial charge on any atom is -0.485 e. The summed E-state index contributed by atoms with van der Waals surface area (Å²) in [5.41, 5.74) is -0.00263. The highest BCUT2D eigenvalue weighted by atomic mass is 16.6. The van der Waals surface area contributed by atoms with Crippen LogP contribution in [0.5, 0.6) is 5.75 Å². The number of benzene rings is 1. The van der Waals surface area contributed by atoms with Gasteiger partial charge >= 0.3 is 5.69 Å². The van der Waals surface area contributed by atoms with E-state index >= 15 is 0 Å². The number of para-hydroxylation sites is 2. The van der Waals surface area contributed by atoms with Gasteiger partial charge in [-0.25, -0.2) is 0 Å². The van der Waals surface area contributed by atoms with Crippen LogP contribution < -0.4 is 4.74 Å². The molecular weight excluding hydrogens is 248 g/mol. The van der Waals surface area contributed by atoms with Gasteiger partial charge in [-0.15, -0.1) is 0 Å². The summed E-state index contributed by atoms with van der Waals surface area (Å²) >= 11 is 0. The van der Waals surface area contributed by atoms with Crippen molar-refractivity contribution in [3.05, 3.63) is 34.4 Å². The van der Waals surface area contributed by atoms with Crippen LogP contribution in [0.15, 0.2) is 24.3 Å². The van der Waals surface area contributed by atoms with Crippen molar-refractivity contribution < 1.29 is 14.8 Å². The fourth-order valence-corrected chi connectivity index (χ4v) is 2.28. The Bertz CT molecular complexity index is 438. The molecule has 0 aliphatic carbocycles. The van der Waals surface area contributed by atoms with Crippen molar-refractivity contribution in [1.29, 1.82) is 0 Å². The van der Waals surface area contributed by atoms with E-state index in [0.29, 0.717) is 18.3 Å². The van der Waals surface area contributed by atoms with Gasteiger partial charge in [0.15, 0.2) is 5.75 Å². The predicted octanol–water partition coefficient (Wildman–Crippen LogP) is 1.29. The van der Waals surface area contributed by atoms with E-state index < -0.39 is 4.92 Å². The molecule has 19 heavy (non-hydrogen) atoms. The topological polar surface area (TPSA) is 75.8 Å². The summed E-state index contributed by atoms with van der Waals surface area (Å²) in [6.07, 6.45) is 1.00. The average molecular weight is 266 g/mol. The van der Waals surface area contributed by atoms with Gasteiger partial charge in [0.1, 0.15) is 6.61 Å². The van der Waals surface area contributed by atoms with Crippen LogP contribution in [-0.4, -0.2) is 47.8 Å². The molecule has 1 atom stereocenters. The lowest BCUT2D eigenvalue weighted by Gasteiger charge is -2.15. The summed E-state index contributed by atoms with van der Waals surface area (Å²) in [7, 11) is 0. The number of nitrogens with zero attached hydrogens (tertiary/aromatic N) is 2. The number of nitro benzene ring substituents is 1. The van der Waals surface area contributed by atoms with E-state index in [0.717, 1.165) is 26.1 Å². The van der Waals surface area contributed by atoms with Crippen molar-refractivity contribution >= 4 is 5.69 Å². The third-order valence-corrected chi connectivity index (χ3v) is 3.36. The SMILES string of the molecule is O=[N+]([O-])c1ccccc1OCCN1CCC(CO)C1. The summed E-state index contributed by atoms with van der Waals surface area (Å²) in [6.45, 7) is 3.19. The molecule has 1 saturated heterocycles. The number of aliphatic hydroxyl groups excluding tert-OH is 1. The minimum atomic E-state index is -0.438. The summed E-state index contributed by atoms with van der Waals surface area (Å²) < 4.78 is 5.48. The average Bonchev–Trinajstić information content (AvgIpc) is 2.87. The van der Waals surface area contributed by atoms with E-state index in [1.807, 2.05) is 0 Å². The molecule has 6 heteroatoms. The first-order chi connectivity index (χ1) is 9.20. The Kier molecular flexibility index (Phi) is 4.70. The molecule has 1 aliphatic rings. The van der Waals surface area contributed by atoms with Crippen LogP contribution in [0.1, 0.15) is 6.42 Å². The Balaban J connectivity index is 1.82. The van der Waals surface area contributed by atoms with Gasteiger partial charge in [-0.2, -0.15) is 0 Å². The third kappa shape index (κ3) is 3.65. The highest BCUT2D eigenvalue weighted by molar-refractivity contribution is 5.45. The Morgan fingerprint density at radius 2 is 2.26 bits per heavy atom. The van der Waals surface area contributed by atoms with Crippen molar-refractivity contribution in [1.82, 2.24) is 4.90 Å². The molecule has 0 radical (unpaired) electrons. The van der Waals surface area contributed by atoms with E-state index in [4.69, 9.17) is 9.84 Å². The quantitative estimate of drug-likeness (QED) is 0.620. The summed E-state index contributed by atoms with van der Waals surface area (Å²) in [4.78, 5) is 12.6. The molecule has 1 aliphatic heterocycles. The van der Waals surface area contributed by atoms with E-state index in [1.165, 1.54) is 6.07 Å². The fraction of sp³-hybridized carbons (Fsp3) is 0.538. The highest BCUT2D eigenvalue weighted by Gasteiger charge is 2.21. The normalized spacial score (nSPS) is 19.5. The lowest BCUT2D eigenvalue weighted by molar-refractivity contribution is -0.385. The zero-order valence-corrected chi connectivity index (χ0v) is 10.7. The lowest BCUT2D eigenvalue weighted by Crippen LogP contribution is -2.26. The molecule has 0 saturated carbocycles. The van der Waals surface area contributed by atoms with Crippen LogP contribution in [0, 0.1) is 16.0 Å². The van der Waals surface area contributed by atoms with Crippen molar-refractivity contribution in [3.8, 4) is 5.75 Å². The first-order valence-electron chi connectivity index (χ1n) is 6.40. The van der Waals surface area contributed by atoms with Gasteiger partial charge < -0.3 is 9.84 Å². The molecule has 104 valence electrons. The van der Waals surface area contributed by atoms with Crippen molar-refractivity contribution in [2.75, 3.05) is 32.8 Å². The zero-order valence-electron chi connectivity index (χ0n) is 10.7. The van der Waals surface area contributed by atoms with E-state index in [1.54, 1.807) is 18.2 Å². The maximum Gasteiger partial charge on any atom is 0.310 e. The van der Waals surface area contributed by atoms with Crippen LogP contribution in [-0.2, 0) is 0 Å². The molecule has 1 aromatic carbocycles. The molecule has 2 rings (SSSR count). The molecule has 0 bridgehead atoms. The van der Waals surface area contributed by atoms with Crippen molar-refractivity contribution in [2.45, 2.75) is 6.42 Å². The highest BCUT2D eigenvalue weighted by Crippen LogP contribution is 2.25. The summed E-state index contributed by atoms with van der Waals surface area (Å²) in [5, 5.41) is 19.9. The zero-order chi connectivity index (χ0) is 13.7. The molecule has 0 aromatic heterocycles. The largest absolute Gasteiger partial charge is 0.485 e. The van der Waals surface area contributed by atoms with Gasteiger partial charge in [-0.05, 0) is 24.9 Å². The monoisotopic (exact) mass is 266 g/mol. The number of aliphatic hydroxyl groups is 1. The fourth-order valence-electron chi connectivity index (χ4n) is 2.28. The van der Waals surface area contributed by atoms with Crippen molar-refractivity contribution in [3.63, 3.8) is 0 Å². The number of likely N-dealkylation sites (tertiary alicyclic amines) is 1. The van der Waals surface area contributed by atoms with Gasteiger partial charge in [0.2, 0.25) is 0 Å². The maximum atomic E-state index is 10.8. The second-order valence-corrected chi connectivity index (χ2v) is 4.71. The molecule has 0 spiro atoms. The molecule has 1 heterocycles. The number of nitro groups is 1. The van der Waals surface area contributed by atoms with Gasteiger partial charge in [0.05, 0.1) is 4.92 Å². The van der Waals surface area contributed by atoms with Crippen LogP contribution in [0.3, 0.4) is 0 Å². The third-order valence-electron chi connectivity index (χ3n) is 3.36. The second-order valence-electron chi connectivity index (χ2n) is 4.71. The van der Waals surface area contributed by atoms with Gasteiger partial charge in [-0.3, -0.25) is 15.0 Å². The van der Waals surface area contributed by atoms with Crippen molar-refractivity contribution in [2.24, 2.45) is 5.92 Å². The van der Waals surface area contributed by atoms with Crippen LogP contribution >= 0.6 is 0 Å². The first-order valence-corrected chi connectivity index (χ1v) is 6.40. The molecule has 1 aromatic rings. The maximum absolute atomic E-state index is 10.8. The molecule has 1 unspecified atom stereocenters. The summed E-state index contributed by atoms with van der Waals surface area (Å²) in [6, 6.07) is 6.39. The molecule has 6 nitrogen and oxygen atoms in total. The first kappa shape index (κ1) is 13.8. The molecule has 1 N–H and O–H groups in total.